The molecule has 0 aliphatic heterocycles. The van der Waals surface area contributed by atoms with E-state index in [-0.39, 0.29) is 0 Å². The van der Waals surface area contributed by atoms with Gasteiger partial charge in [-0.1, -0.05) is 60.7 Å². The molecule has 0 saturated heterocycles. The second-order valence-electron chi connectivity index (χ2n) is 5.41. The van der Waals surface area contributed by atoms with Crippen LogP contribution >= 0.6 is 0 Å². The second-order valence-corrected chi connectivity index (χ2v) is 5.41. The number of nitrogens with one attached hydrogen (secondary N) is 2. The van der Waals surface area contributed by atoms with Crippen molar-refractivity contribution < 1.29 is 0 Å². The Morgan fingerprint density at radius 2 is 1.46 bits per heavy atom. The molecule has 3 aromatic carbocycles. The quantitative estimate of drug-likeness (QED) is 0.433. The van der Waals surface area contributed by atoms with Gasteiger partial charge in [0, 0.05) is 5.56 Å². The van der Waals surface area contributed by atoms with Crippen molar-refractivity contribution in [1.29, 1.82) is 0 Å². The van der Waals surface area contributed by atoms with E-state index in [9.17, 15) is 0 Å². The van der Waals surface area contributed by atoms with Crippen LogP contribution in [0.25, 0.3) is 11.0 Å². The molecule has 4 heteroatoms. The van der Waals surface area contributed by atoms with Crippen LogP contribution in [-0.2, 0) is 0 Å². The van der Waals surface area contributed by atoms with Crippen LogP contribution in [0.15, 0.2) is 90.0 Å². The number of fused-ring (bicyclic) bond motifs is 1. The molecule has 1 heterocycles. The predicted molar refractivity (Wildman–Crippen MR) is 98.2 cm³/mol. The molecule has 2 N–H and O–H groups in total. The van der Waals surface area contributed by atoms with Gasteiger partial charge in [0.1, 0.15) is 5.71 Å². The third kappa shape index (κ3) is 2.90. The number of benzene rings is 3. The number of anilines is 1. The van der Waals surface area contributed by atoms with Crippen molar-refractivity contribution in [1.82, 2.24) is 9.97 Å². The van der Waals surface area contributed by atoms with Crippen LogP contribution in [-0.4, -0.2) is 15.7 Å². The molecule has 4 nitrogen and oxygen atoms in total. The number of aromatic amines is 1. The van der Waals surface area contributed by atoms with Gasteiger partial charge in [0.15, 0.2) is 5.82 Å². The zero-order valence-corrected chi connectivity index (χ0v) is 13.0. The summed E-state index contributed by atoms with van der Waals surface area (Å²) in [5.41, 5.74) is 7.74. The molecule has 0 amide bonds. The van der Waals surface area contributed by atoms with Gasteiger partial charge in [-0.15, -0.1) is 0 Å². The molecule has 0 atom stereocenters. The van der Waals surface area contributed by atoms with Gasteiger partial charge in [-0.05, 0) is 24.3 Å². The Balaban J connectivity index is 1.78. The summed E-state index contributed by atoms with van der Waals surface area (Å²) in [4.78, 5) is 8.02. The average molecular weight is 312 g/mol. The SMILES string of the molecule is c1ccc(N/N=C(\c2ccccc2)c2nc3ccccc3[nH]2)cc1. The summed E-state index contributed by atoms with van der Waals surface area (Å²) in [6, 6.07) is 27.9. The standard InChI is InChI=1S/C20H16N4/c1-3-9-15(10-4-1)19(24-23-16-11-5-2-6-12-16)20-21-17-13-7-8-14-18(17)22-20/h1-14,23H,(H,21,22)/b24-19+. The van der Waals surface area contributed by atoms with Crippen LogP contribution in [0.4, 0.5) is 5.69 Å². The molecule has 0 spiro atoms. The molecule has 24 heavy (non-hydrogen) atoms. The summed E-state index contributed by atoms with van der Waals surface area (Å²) in [7, 11) is 0. The lowest BCUT2D eigenvalue weighted by Crippen LogP contribution is -2.08. The smallest absolute Gasteiger partial charge is 0.159 e. The monoisotopic (exact) mass is 312 g/mol. The highest BCUT2D eigenvalue weighted by Gasteiger charge is 2.12. The average Bonchev–Trinajstić information content (AvgIpc) is 3.07. The fourth-order valence-electron chi connectivity index (χ4n) is 2.55. The highest BCUT2D eigenvalue weighted by atomic mass is 15.3. The molecule has 0 fully saturated rings. The van der Waals surface area contributed by atoms with Gasteiger partial charge >= 0.3 is 0 Å². The first-order valence-electron chi connectivity index (χ1n) is 7.79. The number of H-pyrrole nitrogens is 1. The van der Waals surface area contributed by atoms with Gasteiger partial charge in [-0.2, -0.15) is 5.10 Å². The van der Waals surface area contributed by atoms with Gasteiger partial charge < -0.3 is 4.98 Å². The minimum Gasteiger partial charge on any atom is -0.337 e. The van der Waals surface area contributed by atoms with Gasteiger partial charge in [0.05, 0.1) is 16.7 Å². The van der Waals surface area contributed by atoms with Crippen molar-refractivity contribution in [2.24, 2.45) is 5.10 Å². The summed E-state index contributed by atoms with van der Waals surface area (Å²) >= 11 is 0. The van der Waals surface area contributed by atoms with Crippen LogP contribution in [0.2, 0.25) is 0 Å². The molecule has 0 unspecified atom stereocenters. The molecule has 116 valence electrons. The number of rotatable bonds is 4. The summed E-state index contributed by atoms with van der Waals surface area (Å²) in [5.74, 6) is 0.742. The van der Waals surface area contributed by atoms with E-state index in [1.165, 1.54) is 0 Å². The molecule has 0 saturated carbocycles. The second kappa shape index (κ2) is 6.38. The minimum absolute atomic E-state index is 0.742. The van der Waals surface area contributed by atoms with Crippen molar-refractivity contribution in [3.63, 3.8) is 0 Å². The molecular weight excluding hydrogens is 296 g/mol. The molecule has 1 aromatic heterocycles. The van der Waals surface area contributed by atoms with Crippen molar-refractivity contribution in [2.75, 3.05) is 5.43 Å². The first kappa shape index (κ1) is 14.2. The maximum absolute atomic E-state index is 4.68. The van der Waals surface area contributed by atoms with Gasteiger partial charge in [-0.3, -0.25) is 5.43 Å². The summed E-state index contributed by atoms with van der Waals surface area (Å²) in [5, 5.41) is 4.60. The summed E-state index contributed by atoms with van der Waals surface area (Å²) < 4.78 is 0. The predicted octanol–water partition coefficient (Wildman–Crippen LogP) is 4.43. The van der Waals surface area contributed by atoms with Crippen molar-refractivity contribution in [3.05, 3.63) is 96.3 Å². The number of imidazole rings is 1. The zero-order valence-electron chi connectivity index (χ0n) is 13.0. The number of hydrazone groups is 1. The Labute approximate surface area is 139 Å². The molecule has 0 aliphatic carbocycles. The Morgan fingerprint density at radius 1 is 0.792 bits per heavy atom. The number of hydrogen-bond donors (Lipinski definition) is 2. The molecule has 4 rings (SSSR count). The number of aromatic nitrogens is 2. The first-order chi connectivity index (χ1) is 11.9. The highest BCUT2D eigenvalue weighted by Crippen LogP contribution is 2.15. The Bertz CT molecular complexity index is 939. The van der Waals surface area contributed by atoms with Crippen LogP contribution in [0.3, 0.4) is 0 Å². The van der Waals surface area contributed by atoms with Gasteiger partial charge in [0.25, 0.3) is 0 Å². The summed E-state index contributed by atoms with van der Waals surface area (Å²) in [6.45, 7) is 0. The van der Waals surface area contributed by atoms with E-state index in [1.54, 1.807) is 0 Å². The summed E-state index contributed by atoms with van der Waals surface area (Å²) in [6.07, 6.45) is 0. The Hall–Kier alpha value is -3.40. The number of para-hydroxylation sites is 3. The lowest BCUT2D eigenvalue weighted by Gasteiger charge is -2.05. The van der Waals surface area contributed by atoms with E-state index in [0.717, 1.165) is 33.8 Å². The molecule has 0 radical (unpaired) electrons. The third-order valence-electron chi connectivity index (χ3n) is 3.73. The van der Waals surface area contributed by atoms with E-state index in [1.807, 2.05) is 84.9 Å². The van der Waals surface area contributed by atoms with Crippen LogP contribution in [0, 0.1) is 0 Å². The highest BCUT2D eigenvalue weighted by molar-refractivity contribution is 6.12. The van der Waals surface area contributed by atoms with E-state index in [0.29, 0.717) is 0 Å². The largest absolute Gasteiger partial charge is 0.337 e. The van der Waals surface area contributed by atoms with E-state index >= 15 is 0 Å². The number of nitrogens with zero attached hydrogens (tertiary/aromatic N) is 2. The Kier molecular flexibility index (Phi) is 3.78. The maximum atomic E-state index is 4.68. The molecule has 4 aromatic rings. The molecule has 0 aliphatic rings. The van der Waals surface area contributed by atoms with Crippen LogP contribution in [0.1, 0.15) is 11.4 Å². The van der Waals surface area contributed by atoms with Crippen molar-refractivity contribution >= 4 is 22.4 Å². The minimum atomic E-state index is 0.742. The Morgan fingerprint density at radius 3 is 2.21 bits per heavy atom. The maximum Gasteiger partial charge on any atom is 0.159 e. The lowest BCUT2D eigenvalue weighted by molar-refractivity contribution is 1.24. The van der Waals surface area contributed by atoms with Crippen LogP contribution in [0.5, 0.6) is 0 Å². The van der Waals surface area contributed by atoms with Crippen molar-refractivity contribution in [2.45, 2.75) is 0 Å². The lowest BCUT2D eigenvalue weighted by atomic mass is 10.1. The van der Waals surface area contributed by atoms with E-state index < -0.39 is 0 Å². The fourth-order valence-corrected chi connectivity index (χ4v) is 2.55. The normalized spacial score (nSPS) is 11.6. The topological polar surface area (TPSA) is 53.1 Å². The molecule has 0 bridgehead atoms. The zero-order chi connectivity index (χ0) is 16.2. The van der Waals surface area contributed by atoms with E-state index in [4.69, 9.17) is 0 Å². The third-order valence-corrected chi connectivity index (χ3v) is 3.73. The number of hydrogen-bond acceptors (Lipinski definition) is 3. The van der Waals surface area contributed by atoms with Gasteiger partial charge in [0.2, 0.25) is 0 Å². The van der Waals surface area contributed by atoms with Gasteiger partial charge in [-0.25, -0.2) is 4.98 Å². The van der Waals surface area contributed by atoms with Crippen LogP contribution < -0.4 is 5.43 Å². The van der Waals surface area contributed by atoms with Crippen molar-refractivity contribution in [3.8, 4) is 0 Å². The molecular formula is C20H16N4. The first-order valence-corrected chi connectivity index (χ1v) is 7.79. The van der Waals surface area contributed by atoms with E-state index in [2.05, 4.69) is 20.5 Å². The fraction of sp³-hybridized carbons (Fsp3) is 0.